The molecule has 0 aliphatic carbocycles. The molecule has 0 heterocycles. The Morgan fingerprint density at radius 3 is 2.44 bits per heavy atom. The molecule has 3 nitrogen and oxygen atoms in total. The minimum atomic E-state index is -0.750. The zero-order valence-electron chi connectivity index (χ0n) is 10.9. The lowest BCUT2D eigenvalue weighted by atomic mass is 10.1. The first-order chi connectivity index (χ1) is 8.50. The van der Waals surface area contributed by atoms with Gasteiger partial charge in [-0.05, 0) is 49.9 Å². The molecule has 1 aromatic carbocycles. The largest absolute Gasteiger partial charge is 0.481 e. The van der Waals surface area contributed by atoms with Gasteiger partial charge in [0.2, 0.25) is 0 Å². The Hall–Kier alpha value is -1.42. The number of nitrogens with one attached hydrogen (secondary N) is 1. The van der Waals surface area contributed by atoms with E-state index in [9.17, 15) is 9.18 Å². The Balaban J connectivity index is 2.29. The first kappa shape index (κ1) is 14.6. The minimum Gasteiger partial charge on any atom is -0.481 e. The van der Waals surface area contributed by atoms with Crippen LogP contribution in [0.3, 0.4) is 0 Å². The number of unbranched alkanes of at least 4 members (excludes halogenated alkanes) is 1. The quantitative estimate of drug-likeness (QED) is 0.735. The molecule has 1 aromatic rings. The Morgan fingerprint density at radius 1 is 1.28 bits per heavy atom. The third kappa shape index (κ3) is 4.84. The van der Waals surface area contributed by atoms with Gasteiger partial charge in [-0.1, -0.05) is 12.1 Å². The topological polar surface area (TPSA) is 49.3 Å². The molecule has 0 spiro atoms. The third-order valence-electron chi connectivity index (χ3n) is 2.82. The van der Waals surface area contributed by atoms with Crippen molar-refractivity contribution in [3.05, 3.63) is 34.6 Å². The van der Waals surface area contributed by atoms with E-state index >= 15 is 0 Å². The molecule has 2 N–H and O–H groups in total. The van der Waals surface area contributed by atoms with Crippen molar-refractivity contribution in [1.82, 2.24) is 5.32 Å². The summed E-state index contributed by atoms with van der Waals surface area (Å²) in [6, 6.07) is 3.68. The number of carbonyl (C=O) groups is 1. The Labute approximate surface area is 107 Å². The molecule has 0 bridgehead atoms. The Bertz CT molecular complexity index is 395. The third-order valence-corrected chi connectivity index (χ3v) is 2.82. The van der Waals surface area contributed by atoms with E-state index in [1.165, 1.54) is 0 Å². The van der Waals surface area contributed by atoms with Crippen molar-refractivity contribution in [3.63, 3.8) is 0 Å². The number of hydrogen-bond acceptors (Lipinski definition) is 2. The number of aryl methyl sites for hydroxylation is 2. The Morgan fingerprint density at radius 2 is 1.89 bits per heavy atom. The molecular weight excluding hydrogens is 233 g/mol. The van der Waals surface area contributed by atoms with Gasteiger partial charge in [0.25, 0.3) is 0 Å². The molecule has 0 saturated carbocycles. The lowest BCUT2D eigenvalue weighted by Crippen LogP contribution is -2.15. The van der Waals surface area contributed by atoms with E-state index in [4.69, 9.17) is 5.11 Å². The van der Waals surface area contributed by atoms with Gasteiger partial charge in [0.1, 0.15) is 5.82 Å². The molecule has 18 heavy (non-hydrogen) atoms. The van der Waals surface area contributed by atoms with Crippen LogP contribution in [0, 0.1) is 19.7 Å². The molecule has 0 aliphatic rings. The van der Waals surface area contributed by atoms with Gasteiger partial charge < -0.3 is 10.4 Å². The molecule has 0 saturated heterocycles. The van der Waals surface area contributed by atoms with E-state index < -0.39 is 5.97 Å². The predicted molar refractivity (Wildman–Crippen MR) is 69.1 cm³/mol. The summed E-state index contributed by atoms with van der Waals surface area (Å²) in [4.78, 5) is 10.3. The number of carboxylic acids is 1. The van der Waals surface area contributed by atoms with Crippen molar-refractivity contribution in [2.75, 3.05) is 6.54 Å². The van der Waals surface area contributed by atoms with Crippen LogP contribution in [-0.2, 0) is 11.3 Å². The van der Waals surface area contributed by atoms with Crippen LogP contribution in [0.2, 0.25) is 0 Å². The number of carboxylic acid groups (broad SMARTS) is 1. The predicted octanol–water partition coefficient (Wildman–Crippen LogP) is 2.79. The maximum absolute atomic E-state index is 13.4. The van der Waals surface area contributed by atoms with Crippen molar-refractivity contribution in [2.24, 2.45) is 0 Å². The summed E-state index contributed by atoms with van der Waals surface area (Å²) in [5.74, 6) is -0.889. The van der Waals surface area contributed by atoms with Crippen molar-refractivity contribution < 1.29 is 14.3 Å². The number of hydrogen-bond donors (Lipinski definition) is 2. The van der Waals surface area contributed by atoms with Crippen molar-refractivity contribution in [3.8, 4) is 0 Å². The first-order valence-electron chi connectivity index (χ1n) is 6.19. The second kappa shape index (κ2) is 7.11. The van der Waals surface area contributed by atoms with E-state index in [2.05, 4.69) is 5.32 Å². The van der Waals surface area contributed by atoms with Crippen LogP contribution in [0.25, 0.3) is 0 Å². The standard InChI is InChI=1S/C14H20FNO2/c1-10-7-12(8-11(2)14(10)15)9-16-6-4-3-5-13(17)18/h7-8,16H,3-6,9H2,1-2H3,(H,17,18). The molecule has 0 atom stereocenters. The van der Waals surface area contributed by atoms with Crippen molar-refractivity contribution in [1.29, 1.82) is 0 Å². The molecule has 100 valence electrons. The van der Waals surface area contributed by atoms with Crippen LogP contribution >= 0.6 is 0 Å². The summed E-state index contributed by atoms with van der Waals surface area (Å²) in [6.45, 7) is 5.00. The molecule has 0 aliphatic heterocycles. The molecule has 0 unspecified atom stereocenters. The summed E-state index contributed by atoms with van der Waals surface area (Å²) < 4.78 is 13.4. The van der Waals surface area contributed by atoms with Crippen LogP contribution in [-0.4, -0.2) is 17.6 Å². The van der Waals surface area contributed by atoms with Gasteiger partial charge in [-0.3, -0.25) is 4.79 Å². The van der Waals surface area contributed by atoms with E-state index in [-0.39, 0.29) is 12.2 Å². The summed E-state index contributed by atoms with van der Waals surface area (Å²) in [5.41, 5.74) is 2.39. The molecule has 0 fully saturated rings. The number of benzene rings is 1. The van der Waals surface area contributed by atoms with Gasteiger partial charge in [-0.2, -0.15) is 0 Å². The summed E-state index contributed by atoms with van der Waals surface area (Å²) >= 11 is 0. The smallest absolute Gasteiger partial charge is 0.303 e. The molecule has 0 aromatic heterocycles. The highest BCUT2D eigenvalue weighted by Crippen LogP contribution is 2.14. The summed E-state index contributed by atoms with van der Waals surface area (Å²) in [7, 11) is 0. The van der Waals surface area contributed by atoms with Crippen molar-refractivity contribution >= 4 is 5.97 Å². The SMILES string of the molecule is Cc1cc(CNCCCCC(=O)O)cc(C)c1F. The number of rotatable bonds is 7. The fourth-order valence-electron chi connectivity index (χ4n) is 1.90. The van der Waals surface area contributed by atoms with Gasteiger partial charge in [-0.25, -0.2) is 4.39 Å². The van der Waals surface area contributed by atoms with Crippen LogP contribution in [0.4, 0.5) is 4.39 Å². The zero-order valence-corrected chi connectivity index (χ0v) is 10.9. The molecule has 0 radical (unpaired) electrons. The van der Waals surface area contributed by atoms with Crippen LogP contribution < -0.4 is 5.32 Å². The van der Waals surface area contributed by atoms with E-state index in [1.54, 1.807) is 13.8 Å². The number of halogens is 1. The maximum atomic E-state index is 13.4. The van der Waals surface area contributed by atoms with Gasteiger partial charge in [0, 0.05) is 13.0 Å². The lowest BCUT2D eigenvalue weighted by Gasteiger charge is -2.08. The maximum Gasteiger partial charge on any atom is 0.303 e. The zero-order chi connectivity index (χ0) is 13.5. The normalized spacial score (nSPS) is 10.6. The van der Waals surface area contributed by atoms with E-state index in [0.717, 1.165) is 18.5 Å². The highest BCUT2D eigenvalue weighted by molar-refractivity contribution is 5.66. The van der Waals surface area contributed by atoms with E-state index in [1.807, 2.05) is 12.1 Å². The Kier molecular flexibility index (Phi) is 5.78. The molecule has 4 heteroatoms. The minimum absolute atomic E-state index is 0.139. The fourth-order valence-corrected chi connectivity index (χ4v) is 1.90. The highest BCUT2D eigenvalue weighted by Gasteiger charge is 2.03. The van der Waals surface area contributed by atoms with Crippen LogP contribution in [0.1, 0.15) is 36.0 Å². The van der Waals surface area contributed by atoms with Crippen molar-refractivity contribution in [2.45, 2.75) is 39.7 Å². The second-order valence-electron chi connectivity index (χ2n) is 4.57. The average molecular weight is 253 g/mol. The van der Waals surface area contributed by atoms with Crippen LogP contribution in [0.15, 0.2) is 12.1 Å². The summed E-state index contributed by atoms with van der Waals surface area (Å²) in [6.07, 6.45) is 1.74. The monoisotopic (exact) mass is 253 g/mol. The lowest BCUT2D eigenvalue weighted by molar-refractivity contribution is -0.137. The number of aliphatic carboxylic acids is 1. The average Bonchev–Trinajstić information content (AvgIpc) is 2.30. The van der Waals surface area contributed by atoms with E-state index in [0.29, 0.717) is 24.1 Å². The molecular formula is C14H20FNO2. The second-order valence-corrected chi connectivity index (χ2v) is 4.57. The fraction of sp³-hybridized carbons (Fsp3) is 0.500. The van der Waals surface area contributed by atoms with Gasteiger partial charge in [-0.15, -0.1) is 0 Å². The van der Waals surface area contributed by atoms with Gasteiger partial charge >= 0.3 is 5.97 Å². The highest BCUT2D eigenvalue weighted by atomic mass is 19.1. The molecule has 1 rings (SSSR count). The van der Waals surface area contributed by atoms with Gasteiger partial charge in [0.05, 0.1) is 0 Å². The summed E-state index contributed by atoms with van der Waals surface area (Å²) in [5, 5.41) is 11.7. The van der Waals surface area contributed by atoms with Gasteiger partial charge in [0.15, 0.2) is 0 Å². The molecule has 0 amide bonds. The first-order valence-corrected chi connectivity index (χ1v) is 6.19. The van der Waals surface area contributed by atoms with Crippen LogP contribution in [0.5, 0.6) is 0 Å².